The molecule has 0 fully saturated rings. The molecule has 0 bridgehead atoms. The largest absolute Gasteiger partial charge is 0.478 e. The number of fused-ring (bicyclic) bond motifs is 1. The lowest BCUT2D eigenvalue weighted by Gasteiger charge is -2.16. The van der Waals surface area contributed by atoms with Gasteiger partial charge in [-0.2, -0.15) is 0 Å². The van der Waals surface area contributed by atoms with Crippen molar-refractivity contribution in [3.8, 4) is 0 Å². The van der Waals surface area contributed by atoms with Crippen molar-refractivity contribution in [2.75, 3.05) is 19.0 Å². The molecule has 0 atom stereocenters. The molecule has 0 aliphatic carbocycles. The number of anilines is 1. The molecule has 0 aliphatic rings. The van der Waals surface area contributed by atoms with Crippen molar-refractivity contribution < 1.29 is 9.90 Å². The maximum Gasteiger partial charge on any atom is 0.336 e. The summed E-state index contributed by atoms with van der Waals surface area (Å²) in [4.78, 5) is 13.1. The molecular weight excluding hydrogens is 202 g/mol. The van der Waals surface area contributed by atoms with Crippen LogP contribution < -0.4 is 4.90 Å². The van der Waals surface area contributed by atoms with Gasteiger partial charge in [-0.15, -0.1) is 0 Å². The van der Waals surface area contributed by atoms with Gasteiger partial charge in [-0.3, -0.25) is 0 Å². The second-order valence-corrected chi connectivity index (χ2v) is 3.88. The van der Waals surface area contributed by atoms with Crippen molar-refractivity contribution in [2.24, 2.45) is 0 Å². The summed E-state index contributed by atoms with van der Waals surface area (Å²) in [6, 6.07) is 11.1. The van der Waals surface area contributed by atoms with Gasteiger partial charge in [0.2, 0.25) is 0 Å². The van der Waals surface area contributed by atoms with Crippen molar-refractivity contribution in [3.63, 3.8) is 0 Å². The fourth-order valence-electron chi connectivity index (χ4n) is 1.87. The van der Waals surface area contributed by atoms with Gasteiger partial charge in [0, 0.05) is 25.2 Å². The Labute approximate surface area is 93.9 Å². The summed E-state index contributed by atoms with van der Waals surface area (Å²) in [5.41, 5.74) is 1.28. The maximum atomic E-state index is 11.2. The first-order valence-electron chi connectivity index (χ1n) is 5.03. The highest BCUT2D eigenvalue weighted by molar-refractivity contribution is 6.09. The third-order valence-electron chi connectivity index (χ3n) is 2.59. The molecule has 82 valence electrons. The van der Waals surface area contributed by atoms with Crippen LogP contribution in [0.4, 0.5) is 5.69 Å². The van der Waals surface area contributed by atoms with E-state index in [4.69, 9.17) is 0 Å². The average molecular weight is 215 g/mol. The number of carboxylic acids is 1. The Hall–Kier alpha value is -2.03. The Morgan fingerprint density at radius 3 is 2.31 bits per heavy atom. The smallest absolute Gasteiger partial charge is 0.336 e. The zero-order chi connectivity index (χ0) is 11.7. The summed E-state index contributed by atoms with van der Waals surface area (Å²) in [7, 11) is 3.82. The number of hydrogen-bond donors (Lipinski definition) is 1. The van der Waals surface area contributed by atoms with Crippen LogP contribution in [0, 0.1) is 0 Å². The summed E-state index contributed by atoms with van der Waals surface area (Å²) in [5, 5.41) is 10.9. The van der Waals surface area contributed by atoms with Crippen molar-refractivity contribution in [1.29, 1.82) is 0 Å². The highest BCUT2D eigenvalue weighted by Crippen LogP contribution is 2.28. The lowest BCUT2D eigenvalue weighted by Crippen LogP contribution is -2.10. The van der Waals surface area contributed by atoms with E-state index in [1.807, 2.05) is 43.3 Å². The summed E-state index contributed by atoms with van der Waals surface area (Å²) in [5.74, 6) is -0.889. The topological polar surface area (TPSA) is 40.5 Å². The lowest BCUT2D eigenvalue weighted by molar-refractivity contribution is 0.0699. The van der Waals surface area contributed by atoms with Gasteiger partial charge in [-0.25, -0.2) is 4.79 Å². The SMILES string of the molecule is CN(C)c1cccc2cccc(C(=O)O)c12. The van der Waals surface area contributed by atoms with E-state index in [-0.39, 0.29) is 0 Å². The molecule has 0 spiro atoms. The quantitative estimate of drug-likeness (QED) is 0.837. The Morgan fingerprint density at radius 1 is 1.12 bits per heavy atom. The third kappa shape index (κ3) is 1.60. The molecule has 2 rings (SSSR count). The Morgan fingerprint density at radius 2 is 1.75 bits per heavy atom. The molecule has 1 N–H and O–H groups in total. The van der Waals surface area contributed by atoms with Gasteiger partial charge in [0.05, 0.1) is 5.56 Å². The first-order chi connectivity index (χ1) is 7.61. The van der Waals surface area contributed by atoms with Gasteiger partial charge in [0.25, 0.3) is 0 Å². The minimum atomic E-state index is -0.889. The fraction of sp³-hybridized carbons (Fsp3) is 0.154. The number of aromatic carboxylic acids is 1. The minimum Gasteiger partial charge on any atom is -0.478 e. The van der Waals surface area contributed by atoms with E-state index in [0.29, 0.717) is 5.56 Å². The number of nitrogens with zero attached hydrogens (tertiary/aromatic N) is 1. The van der Waals surface area contributed by atoms with Crippen LogP contribution >= 0.6 is 0 Å². The number of carboxylic acid groups (broad SMARTS) is 1. The van der Waals surface area contributed by atoms with Gasteiger partial charge in [0.1, 0.15) is 0 Å². The van der Waals surface area contributed by atoms with Gasteiger partial charge in [-0.1, -0.05) is 24.3 Å². The second-order valence-electron chi connectivity index (χ2n) is 3.88. The first-order valence-corrected chi connectivity index (χ1v) is 5.03. The molecule has 0 aromatic heterocycles. The molecule has 3 nitrogen and oxygen atoms in total. The van der Waals surface area contributed by atoms with Crippen LogP contribution in [0.25, 0.3) is 10.8 Å². The molecule has 2 aromatic rings. The number of benzene rings is 2. The predicted molar refractivity (Wildman–Crippen MR) is 65.2 cm³/mol. The summed E-state index contributed by atoms with van der Waals surface area (Å²) >= 11 is 0. The molecule has 0 amide bonds. The molecule has 2 aromatic carbocycles. The van der Waals surface area contributed by atoms with E-state index < -0.39 is 5.97 Å². The van der Waals surface area contributed by atoms with Crippen LogP contribution in [0.15, 0.2) is 36.4 Å². The molecule has 0 saturated carbocycles. The third-order valence-corrected chi connectivity index (χ3v) is 2.59. The molecule has 0 heterocycles. The van der Waals surface area contributed by atoms with E-state index in [2.05, 4.69) is 0 Å². The minimum absolute atomic E-state index is 0.349. The molecule has 0 radical (unpaired) electrons. The van der Waals surface area contributed by atoms with Crippen molar-refractivity contribution in [3.05, 3.63) is 42.0 Å². The van der Waals surface area contributed by atoms with Gasteiger partial charge >= 0.3 is 5.97 Å². The molecule has 0 aliphatic heterocycles. The zero-order valence-corrected chi connectivity index (χ0v) is 9.27. The van der Waals surface area contributed by atoms with Crippen molar-refractivity contribution in [1.82, 2.24) is 0 Å². The Bertz CT molecular complexity index is 541. The first kappa shape index (κ1) is 10.5. The second kappa shape index (κ2) is 3.85. The molecular formula is C13H13NO2. The van der Waals surface area contributed by atoms with Crippen LogP contribution in [0.3, 0.4) is 0 Å². The van der Waals surface area contributed by atoms with E-state index in [1.165, 1.54) is 0 Å². The predicted octanol–water partition coefficient (Wildman–Crippen LogP) is 2.60. The van der Waals surface area contributed by atoms with Crippen molar-refractivity contribution >= 4 is 22.4 Å². The van der Waals surface area contributed by atoms with Gasteiger partial charge < -0.3 is 10.0 Å². The summed E-state index contributed by atoms with van der Waals surface area (Å²) in [6.45, 7) is 0. The van der Waals surface area contributed by atoms with Gasteiger partial charge in [-0.05, 0) is 17.5 Å². The van der Waals surface area contributed by atoms with E-state index >= 15 is 0 Å². The Kier molecular flexibility index (Phi) is 2.52. The van der Waals surface area contributed by atoms with E-state index in [1.54, 1.807) is 12.1 Å². The standard InChI is InChI=1S/C13H13NO2/c1-14(2)11-8-4-6-9-5-3-7-10(12(9)11)13(15)16/h3-8H,1-2H3,(H,15,16). The molecule has 16 heavy (non-hydrogen) atoms. The normalized spacial score (nSPS) is 10.4. The van der Waals surface area contributed by atoms with Crippen LogP contribution in [-0.4, -0.2) is 25.2 Å². The lowest BCUT2D eigenvalue weighted by atomic mass is 10.0. The summed E-state index contributed by atoms with van der Waals surface area (Å²) < 4.78 is 0. The zero-order valence-electron chi connectivity index (χ0n) is 9.27. The van der Waals surface area contributed by atoms with Crippen LogP contribution in [-0.2, 0) is 0 Å². The highest BCUT2D eigenvalue weighted by Gasteiger charge is 2.12. The number of hydrogen-bond acceptors (Lipinski definition) is 2. The van der Waals surface area contributed by atoms with Gasteiger partial charge in [0.15, 0.2) is 0 Å². The van der Waals surface area contributed by atoms with Crippen molar-refractivity contribution in [2.45, 2.75) is 0 Å². The highest BCUT2D eigenvalue weighted by atomic mass is 16.4. The van der Waals surface area contributed by atoms with Crippen LogP contribution in [0.1, 0.15) is 10.4 Å². The van der Waals surface area contributed by atoms with Crippen LogP contribution in [0.5, 0.6) is 0 Å². The monoisotopic (exact) mass is 215 g/mol. The maximum absolute atomic E-state index is 11.2. The molecule has 3 heteroatoms. The van der Waals surface area contributed by atoms with E-state index in [0.717, 1.165) is 16.5 Å². The molecule has 0 saturated heterocycles. The number of carbonyl (C=O) groups is 1. The van der Waals surface area contributed by atoms with Crippen LogP contribution in [0.2, 0.25) is 0 Å². The average Bonchev–Trinajstić information content (AvgIpc) is 2.27. The molecule has 0 unspecified atom stereocenters. The van der Waals surface area contributed by atoms with E-state index in [9.17, 15) is 9.90 Å². The fourth-order valence-corrected chi connectivity index (χ4v) is 1.87. The Balaban J connectivity index is 2.87. The summed E-state index contributed by atoms with van der Waals surface area (Å²) in [6.07, 6.45) is 0. The number of rotatable bonds is 2.